The summed E-state index contributed by atoms with van der Waals surface area (Å²) < 4.78 is 121. The van der Waals surface area contributed by atoms with E-state index in [9.17, 15) is 39.3 Å². The molecule has 0 aliphatic carbocycles. The van der Waals surface area contributed by atoms with Gasteiger partial charge in [-0.2, -0.15) is 36.9 Å². The second-order valence-corrected chi connectivity index (χ2v) is 15.6. The number of rotatable bonds is 26. The highest BCUT2D eigenvalue weighted by atomic mass is 19.4. The van der Waals surface area contributed by atoms with E-state index in [1.165, 1.54) is 24.3 Å². The Bertz CT molecular complexity index is 2700. The minimum Gasteiger partial charge on any atom is -0.461 e. The van der Waals surface area contributed by atoms with E-state index in [2.05, 4.69) is 26.3 Å². The molecule has 16 nitrogen and oxygen atoms in total. The molecule has 0 saturated heterocycles. The molecular formula is C55H46F6N4O12. The molecule has 22 heteroatoms. The molecule has 400 valence electrons. The molecule has 0 amide bonds. The minimum absolute atomic E-state index is 0.0664. The summed E-state index contributed by atoms with van der Waals surface area (Å²) in [5, 5.41) is 19.6. The third kappa shape index (κ3) is 16.7. The van der Waals surface area contributed by atoms with E-state index in [0.29, 0.717) is 59.9 Å². The lowest BCUT2D eigenvalue weighted by atomic mass is 9.73. The molecule has 0 saturated carbocycles. The van der Waals surface area contributed by atoms with Gasteiger partial charge in [0.05, 0.1) is 26.2 Å². The molecule has 4 aromatic carbocycles. The number of anilines is 2. The number of benzene rings is 4. The lowest BCUT2D eigenvalue weighted by Crippen LogP contribution is -2.54. The molecule has 0 spiro atoms. The normalized spacial score (nSPS) is 11.5. The number of hydrogen-bond acceptors (Lipinski definition) is 16. The van der Waals surface area contributed by atoms with Crippen molar-refractivity contribution < 1.29 is 83.5 Å². The number of alkyl halides is 6. The number of esters is 6. The Hall–Kier alpha value is -9.70. The Balaban J connectivity index is 1.52. The fourth-order valence-corrected chi connectivity index (χ4v) is 7.02. The summed E-state index contributed by atoms with van der Waals surface area (Å²) >= 11 is 0. The van der Waals surface area contributed by atoms with Gasteiger partial charge in [0.1, 0.15) is 61.2 Å². The molecule has 0 bridgehead atoms. The van der Waals surface area contributed by atoms with Gasteiger partial charge in [0.25, 0.3) is 0 Å². The molecule has 77 heavy (non-hydrogen) atoms. The quantitative estimate of drug-likeness (QED) is 0.0144. The Kier molecular flexibility index (Phi) is 21.8. The summed E-state index contributed by atoms with van der Waals surface area (Å²) in [5.41, 5.74) is -6.94. The number of ether oxygens (including phenoxy) is 6. The Labute approximate surface area is 437 Å². The lowest BCUT2D eigenvalue weighted by molar-refractivity contribution is -0.288. The predicted octanol–water partition coefficient (Wildman–Crippen LogP) is 8.65. The molecule has 0 heterocycles. The van der Waals surface area contributed by atoms with Gasteiger partial charge >= 0.3 is 48.2 Å². The van der Waals surface area contributed by atoms with Crippen molar-refractivity contribution in [3.63, 3.8) is 0 Å². The molecule has 0 fully saturated rings. The maximum Gasteiger partial charge on any atom is 0.411 e. The summed E-state index contributed by atoms with van der Waals surface area (Å²) in [6, 6.07) is 20.0. The van der Waals surface area contributed by atoms with Gasteiger partial charge in [-0.3, -0.25) is 0 Å². The van der Waals surface area contributed by atoms with E-state index in [1.807, 2.05) is 0 Å². The van der Waals surface area contributed by atoms with E-state index in [4.69, 9.17) is 28.4 Å². The summed E-state index contributed by atoms with van der Waals surface area (Å²) in [6.45, 7) is 13.6. The first kappa shape index (κ1) is 59.9. The molecule has 0 aromatic heterocycles. The highest BCUT2D eigenvalue weighted by molar-refractivity contribution is 6.00. The van der Waals surface area contributed by atoms with Crippen LogP contribution in [-0.2, 0) is 53.1 Å². The molecular weight excluding hydrogens is 1020 g/mol. The number of carbonyl (C=O) groups is 6. The third-order valence-electron chi connectivity index (χ3n) is 10.8. The topological polar surface area (TPSA) is 212 Å². The second kappa shape index (κ2) is 28.1. The van der Waals surface area contributed by atoms with Crippen LogP contribution in [0.1, 0.15) is 22.3 Å². The Morgan fingerprint density at radius 1 is 0.455 bits per heavy atom. The van der Waals surface area contributed by atoms with Crippen molar-refractivity contribution in [3.05, 3.63) is 181 Å². The van der Waals surface area contributed by atoms with Crippen LogP contribution in [0.2, 0.25) is 0 Å². The van der Waals surface area contributed by atoms with Crippen molar-refractivity contribution in [2.24, 2.45) is 0 Å². The molecule has 0 aliphatic heterocycles. The maximum absolute atomic E-state index is 15.0. The maximum atomic E-state index is 15.0. The van der Waals surface area contributed by atoms with Crippen LogP contribution in [-0.4, -0.2) is 101 Å². The van der Waals surface area contributed by atoms with Crippen LogP contribution in [0.25, 0.3) is 12.2 Å². The Morgan fingerprint density at radius 2 is 0.727 bits per heavy atom. The molecule has 0 radical (unpaired) electrons. The standard InChI is InChI=1S/C55H46F6N4O12/c1-5-47(66)72-29-25-64(26-30-73-48(67)6-2)43-17-9-37(10-18-43)33-39(35-62)51(70)76-45-21-13-41(14-22-45)53(54(56,57)58,55(59,60)61)42-15-23-46(24-16-42)77-52(71)40(36-63)34-38-11-19-44(20-12-38)65(27-31-74-49(68)7-3)28-32-75-50(69)8-4/h5-24,33-34H,1-4,25-32H2/b39-33+,40-34+. The van der Waals surface area contributed by atoms with Crippen LogP contribution in [0.3, 0.4) is 0 Å². The zero-order valence-electron chi connectivity index (χ0n) is 40.6. The van der Waals surface area contributed by atoms with E-state index < -0.39 is 87.4 Å². The SMILES string of the molecule is C=CC(=O)OCCN(CCOC(=O)C=C)c1ccc(/C=C(\C#N)C(=O)Oc2ccc(C(c3ccc(OC(=O)/C(C#N)=C/c4ccc(N(CCOC(=O)C=C)CCOC(=O)C=C)cc4)cc3)(C(F)(F)F)C(F)(F)F)cc2)cc1. The first-order valence-electron chi connectivity index (χ1n) is 22.5. The van der Waals surface area contributed by atoms with Gasteiger partial charge in [-0.15, -0.1) is 0 Å². The van der Waals surface area contributed by atoms with Crippen molar-refractivity contribution in [2.75, 3.05) is 62.4 Å². The van der Waals surface area contributed by atoms with Crippen LogP contribution >= 0.6 is 0 Å². The number of carbonyl (C=O) groups excluding carboxylic acids is 6. The summed E-state index contributed by atoms with van der Waals surface area (Å²) in [7, 11) is 0. The van der Waals surface area contributed by atoms with Crippen molar-refractivity contribution in [1.82, 2.24) is 0 Å². The fraction of sp³-hybridized carbons (Fsp3) is 0.200. The average Bonchev–Trinajstić information content (AvgIpc) is 3.41. The third-order valence-corrected chi connectivity index (χ3v) is 10.8. The van der Waals surface area contributed by atoms with E-state index in [-0.39, 0.29) is 63.7 Å². The number of nitriles is 2. The van der Waals surface area contributed by atoms with Gasteiger partial charge in [0.15, 0.2) is 0 Å². The van der Waals surface area contributed by atoms with Gasteiger partial charge in [0.2, 0.25) is 5.41 Å². The smallest absolute Gasteiger partial charge is 0.411 e. The second-order valence-electron chi connectivity index (χ2n) is 15.6. The fourth-order valence-electron chi connectivity index (χ4n) is 7.02. The van der Waals surface area contributed by atoms with E-state index >= 15 is 26.3 Å². The van der Waals surface area contributed by atoms with Crippen molar-refractivity contribution in [1.29, 1.82) is 10.5 Å². The Morgan fingerprint density at radius 3 is 0.961 bits per heavy atom. The number of hydrogen-bond donors (Lipinski definition) is 0. The number of halogens is 6. The van der Waals surface area contributed by atoms with Gasteiger partial charge in [-0.05, 0) is 82.9 Å². The first-order chi connectivity index (χ1) is 36.6. The largest absolute Gasteiger partial charge is 0.461 e. The average molecular weight is 1070 g/mol. The highest BCUT2D eigenvalue weighted by Crippen LogP contribution is 2.56. The predicted molar refractivity (Wildman–Crippen MR) is 266 cm³/mol. The van der Waals surface area contributed by atoms with E-state index in [1.54, 1.807) is 46.2 Å². The zero-order chi connectivity index (χ0) is 56.8. The van der Waals surface area contributed by atoms with Crippen LogP contribution in [0.15, 0.2) is 159 Å². The molecule has 0 aliphatic rings. The van der Waals surface area contributed by atoms with Crippen molar-refractivity contribution in [2.45, 2.75) is 17.8 Å². The highest BCUT2D eigenvalue weighted by Gasteiger charge is 2.72. The summed E-state index contributed by atoms with van der Waals surface area (Å²) in [6.07, 6.45) is -5.96. The van der Waals surface area contributed by atoms with Crippen LogP contribution in [0.5, 0.6) is 11.5 Å². The monoisotopic (exact) mass is 1070 g/mol. The first-order valence-corrected chi connectivity index (χ1v) is 22.5. The van der Waals surface area contributed by atoms with E-state index in [0.717, 1.165) is 36.5 Å². The van der Waals surface area contributed by atoms with Gasteiger partial charge in [0, 0.05) is 35.7 Å². The van der Waals surface area contributed by atoms with Gasteiger partial charge in [-0.1, -0.05) is 74.8 Å². The summed E-state index contributed by atoms with van der Waals surface area (Å²) in [4.78, 5) is 75.7. The van der Waals surface area contributed by atoms with Crippen LogP contribution in [0, 0.1) is 22.7 Å². The summed E-state index contributed by atoms with van der Waals surface area (Å²) in [5.74, 6) is -6.31. The molecule has 4 aromatic rings. The molecule has 0 unspecified atom stereocenters. The molecule has 0 N–H and O–H groups in total. The molecule has 4 rings (SSSR count). The van der Waals surface area contributed by atoms with Gasteiger partial charge in [-0.25, -0.2) is 28.8 Å². The van der Waals surface area contributed by atoms with Crippen LogP contribution < -0.4 is 19.3 Å². The minimum atomic E-state index is -6.05. The van der Waals surface area contributed by atoms with Crippen molar-refractivity contribution >= 4 is 59.3 Å². The van der Waals surface area contributed by atoms with Gasteiger partial charge < -0.3 is 38.2 Å². The van der Waals surface area contributed by atoms with Crippen molar-refractivity contribution in [3.8, 4) is 23.6 Å². The number of nitrogens with zero attached hydrogens (tertiary/aromatic N) is 4. The zero-order valence-corrected chi connectivity index (χ0v) is 40.6. The molecule has 0 atom stereocenters. The van der Waals surface area contributed by atoms with Crippen LogP contribution in [0.4, 0.5) is 37.7 Å². The lowest BCUT2D eigenvalue weighted by Gasteiger charge is -2.38.